The van der Waals surface area contributed by atoms with E-state index in [1.54, 1.807) is 6.66 Å². The molecule has 0 aliphatic heterocycles. The molecule has 0 saturated heterocycles. The average Bonchev–Trinajstić information content (AvgIpc) is 3.65. The first-order valence-corrected chi connectivity index (χ1v) is 35.7. The van der Waals surface area contributed by atoms with Crippen molar-refractivity contribution in [1.82, 2.24) is 0 Å². The molecule has 0 aromatic heterocycles. The summed E-state index contributed by atoms with van der Waals surface area (Å²) in [6.45, 7) is 30.2. The number of rotatable bonds is 16. The summed E-state index contributed by atoms with van der Waals surface area (Å²) in [5.41, 5.74) is 1.61. The number of fused-ring (bicyclic) bond motifs is 4. The quantitative estimate of drug-likeness (QED) is 0.164. The zero-order valence-corrected chi connectivity index (χ0v) is 36.0. The van der Waals surface area contributed by atoms with Crippen molar-refractivity contribution in [2.75, 3.05) is 0 Å². The summed E-state index contributed by atoms with van der Waals surface area (Å²) in [5.74, 6) is 5.30. The van der Waals surface area contributed by atoms with Gasteiger partial charge in [-0.1, -0.05) is 0 Å². The molecule has 4 rings (SSSR count). The van der Waals surface area contributed by atoms with E-state index in [4.69, 9.17) is 25.3 Å². The predicted molar refractivity (Wildman–Crippen MR) is 200 cm³/mol. The third-order valence-electron chi connectivity index (χ3n) is 12.2. The van der Waals surface area contributed by atoms with Crippen LogP contribution in [-0.4, -0.2) is 64.2 Å². The van der Waals surface area contributed by atoms with Gasteiger partial charge in [-0.25, -0.2) is 0 Å². The van der Waals surface area contributed by atoms with Gasteiger partial charge in [-0.2, -0.15) is 0 Å². The van der Waals surface area contributed by atoms with Crippen LogP contribution in [0.3, 0.4) is 0 Å². The van der Waals surface area contributed by atoms with E-state index in [-0.39, 0.29) is 0 Å². The van der Waals surface area contributed by atoms with E-state index in [1.165, 1.54) is 63.5 Å². The molecule has 5 nitrogen and oxygen atoms in total. The third-order valence-corrected chi connectivity index (χ3v) is 34.1. The van der Waals surface area contributed by atoms with Crippen LogP contribution in [0.25, 0.3) is 0 Å². The molecule has 0 heterocycles. The van der Waals surface area contributed by atoms with Crippen molar-refractivity contribution in [3.8, 4) is 0 Å². The molecular formula is C30H65B2N2O3Si6. The molecule has 4 aliphatic carbocycles. The summed E-state index contributed by atoms with van der Waals surface area (Å²) < 4.78 is 25.0. The molecule has 0 spiro atoms. The summed E-state index contributed by atoms with van der Waals surface area (Å²) in [7, 11) is -5.49. The van der Waals surface area contributed by atoms with Gasteiger partial charge in [0, 0.05) is 0 Å². The first kappa shape index (κ1) is 36.7. The van der Waals surface area contributed by atoms with E-state index in [0.717, 1.165) is 46.6 Å². The van der Waals surface area contributed by atoms with E-state index in [1.807, 2.05) is 0 Å². The maximum atomic E-state index is 7.91. The fraction of sp³-hybridized carbons (Fsp3) is 1.00. The van der Waals surface area contributed by atoms with Gasteiger partial charge in [0.2, 0.25) is 0 Å². The fourth-order valence-corrected chi connectivity index (χ4v) is 36.5. The van der Waals surface area contributed by atoms with E-state index in [0.29, 0.717) is 0 Å². The summed E-state index contributed by atoms with van der Waals surface area (Å²) in [6.07, 6.45) is 11.3. The topological polar surface area (TPSA) is 63.9 Å². The van der Waals surface area contributed by atoms with Crippen molar-refractivity contribution >= 4 is 64.2 Å². The second-order valence-electron chi connectivity index (χ2n) is 18.6. The minimum atomic E-state index is -2.08. The van der Waals surface area contributed by atoms with Crippen molar-refractivity contribution in [1.29, 1.82) is 5.31 Å². The van der Waals surface area contributed by atoms with Gasteiger partial charge >= 0.3 is 275 Å². The zero-order chi connectivity index (χ0) is 32.2. The van der Waals surface area contributed by atoms with Gasteiger partial charge in [-0.15, -0.1) is 0 Å². The molecule has 13 heteroatoms. The molecule has 0 aromatic rings. The van der Waals surface area contributed by atoms with Gasteiger partial charge in [-0.3, -0.25) is 0 Å². The van der Waals surface area contributed by atoms with Gasteiger partial charge in [0.25, 0.3) is 0 Å². The van der Waals surface area contributed by atoms with Crippen molar-refractivity contribution in [3.63, 3.8) is 0 Å². The third kappa shape index (κ3) is 9.09. The predicted octanol–water partition coefficient (Wildman–Crippen LogP) is 9.69. The van der Waals surface area contributed by atoms with Crippen molar-refractivity contribution in [3.05, 3.63) is 0 Å². The van der Waals surface area contributed by atoms with Gasteiger partial charge < -0.3 is 0 Å². The molecule has 0 amide bonds. The molecule has 243 valence electrons. The first-order valence-electron chi connectivity index (χ1n) is 17.6. The fourth-order valence-electron chi connectivity index (χ4n) is 10.7. The van der Waals surface area contributed by atoms with Gasteiger partial charge in [-0.05, 0) is 0 Å². The van der Waals surface area contributed by atoms with Crippen LogP contribution in [0.5, 0.6) is 0 Å². The maximum absolute atomic E-state index is 7.91. The van der Waals surface area contributed by atoms with Gasteiger partial charge in [0.1, 0.15) is 0 Å². The zero-order valence-electron chi connectivity index (χ0n) is 30.0. The van der Waals surface area contributed by atoms with Crippen LogP contribution < -0.4 is 0 Å². The number of nitrogens with one attached hydrogen (secondary N) is 1. The summed E-state index contributed by atoms with van der Waals surface area (Å²) in [5, 5.41) is 7.91. The average molecular weight is 692 g/mol. The standard InChI is InChI=1S/C30H65B2N2O3Si6/c1-38(2,15-13-25-18-24-20-28(25)30(22-24)41(7,8)37-42(9,10)32-33)35-40(5,6)29-21-23-17-26(27(29)19-23)14-16-39(3,4)36-43(11,12)34-31/h23-30,33H,13-22H2,1-12H3. The van der Waals surface area contributed by atoms with E-state index < -0.39 is 49.9 Å². The number of hydrogen-bond acceptors (Lipinski definition) is 5. The summed E-state index contributed by atoms with van der Waals surface area (Å²) >= 11 is 0. The molecule has 8 unspecified atom stereocenters. The Labute approximate surface area is 273 Å². The van der Waals surface area contributed by atoms with E-state index in [9.17, 15) is 0 Å². The van der Waals surface area contributed by atoms with Crippen LogP contribution in [0.15, 0.2) is 4.56 Å². The first-order chi connectivity index (χ1) is 19.6. The normalized spacial score (nSPS) is 33.3. The number of nitrogens with zero attached hydrogens (tertiary/aromatic N) is 1. The second-order valence-corrected chi connectivity index (χ2v) is 43.7. The molecule has 1 radical (unpaired) electrons. The molecule has 4 saturated carbocycles. The molecular weight excluding hydrogens is 626 g/mol. The molecule has 4 bridgehead atoms. The SMILES string of the molecule is [B]=N[Si](C)(C)O[Si](C)(C)CCC1CC2CC1C([Si](C)(C)O[Si](C)(C)CCC1CC3CC1C([Si](C)(C)O[Si](C)(C)B=N)C3)C2. The Morgan fingerprint density at radius 1 is 0.628 bits per heavy atom. The Morgan fingerprint density at radius 2 is 1.05 bits per heavy atom. The Bertz CT molecular complexity index is 1030. The summed E-state index contributed by atoms with van der Waals surface area (Å²) in [4.78, 5) is 0. The molecule has 4 aliphatic rings. The van der Waals surface area contributed by atoms with Gasteiger partial charge in [0.15, 0.2) is 0 Å². The van der Waals surface area contributed by atoms with E-state index >= 15 is 0 Å². The Kier molecular flexibility index (Phi) is 11.2. The van der Waals surface area contributed by atoms with Crippen LogP contribution in [0.4, 0.5) is 0 Å². The van der Waals surface area contributed by atoms with Crippen LogP contribution >= 0.6 is 0 Å². The molecule has 8 atom stereocenters. The molecule has 43 heavy (non-hydrogen) atoms. The van der Waals surface area contributed by atoms with Crippen molar-refractivity contribution in [2.24, 2.45) is 40.1 Å². The van der Waals surface area contributed by atoms with Crippen LogP contribution in [-0.2, 0) is 12.3 Å². The minimum absolute atomic E-state index is 0.780. The van der Waals surface area contributed by atoms with Crippen molar-refractivity contribution in [2.45, 2.75) is 153 Å². The molecule has 4 fully saturated rings. The summed E-state index contributed by atoms with van der Waals surface area (Å²) in [6, 6.07) is 2.56. The molecule has 1 N–H and O–H groups in total. The van der Waals surface area contributed by atoms with Crippen LogP contribution in [0.1, 0.15) is 51.4 Å². The molecule has 0 aromatic carbocycles. The van der Waals surface area contributed by atoms with Gasteiger partial charge in [0.05, 0.1) is 0 Å². The Hall–Kier alpha value is 0.911. The van der Waals surface area contributed by atoms with E-state index in [2.05, 4.69) is 83.1 Å². The number of hydrogen-bond donors (Lipinski definition) is 1. The van der Waals surface area contributed by atoms with Crippen LogP contribution in [0, 0.1) is 40.8 Å². The Morgan fingerprint density at radius 3 is 1.44 bits per heavy atom. The Balaban J connectivity index is 1.32. The van der Waals surface area contributed by atoms with Crippen LogP contribution in [0.2, 0.25) is 102 Å². The second kappa shape index (κ2) is 13.1. The monoisotopic (exact) mass is 691 g/mol. The van der Waals surface area contributed by atoms with Crippen molar-refractivity contribution < 1.29 is 12.3 Å².